The van der Waals surface area contributed by atoms with Crippen LogP contribution in [0.5, 0.6) is 0 Å². The summed E-state index contributed by atoms with van der Waals surface area (Å²) in [6.07, 6.45) is 13.1. The molecule has 0 amide bonds. The summed E-state index contributed by atoms with van der Waals surface area (Å²) in [5.41, 5.74) is 9.47. The molecule has 3 aromatic rings. The van der Waals surface area contributed by atoms with Gasteiger partial charge in [0.2, 0.25) is 0 Å². The molecule has 1 aliphatic rings. The summed E-state index contributed by atoms with van der Waals surface area (Å²) >= 11 is 0. The minimum atomic E-state index is 0.782. The fourth-order valence-corrected chi connectivity index (χ4v) is 3.52. The van der Waals surface area contributed by atoms with Gasteiger partial charge in [-0.1, -0.05) is 12.2 Å². The SMILES string of the molecule is C/C=C(\C=NCC)c1ccnc2c1C(c1ccn3ncc(C)c3c1)=CC2. The van der Waals surface area contributed by atoms with Crippen molar-refractivity contribution in [2.75, 3.05) is 6.54 Å². The molecular formula is C22H22N4. The first-order valence-electron chi connectivity index (χ1n) is 9.02. The van der Waals surface area contributed by atoms with Crippen molar-refractivity contribution in [1.82, 2.24) is 14.6 Å². The summed E-state index contributed by atoms with van der Waals surface area (Å²) < 4.78 is 1.92. The lowest BCUT2D eigenvalue weighted by atomic mass is 9.93. The Kier molecular flexibility index (Phi) is 4.25. The highest BCUT2D eigenvalue weighted by molar-refractivity contribution is 6.12. The van der Waals surface area contributed by atoms with Gasteiger partial charge in [0.15, 0.2) is 0 Å². The standard InChI is InChI=1S/C22H22N4/c1-4-16(14-23-5-2)19-8-10-24-20-7-6-18(22(19)20)17-9-11-26-21(12-17)15(3)13-25-26/h4,6,8-14H,5,7H2,1-3H3/b16-4+,23-14?. The Morgan fingerprint density at radius 3 is 3.04 bits per heavy atom. The number of fused-ring (bicyclic) bond motifs is 2. The van der Waals surface area contributed by atoms with Gasteiger partial charge in [-0.15, -0.1) is 0 Å². The van der Waals surface area contributed by atoms with Gasteiger partial charge in [-0.05, 0) is 66.8 Å². The van der Waals surface area contributed by atoms with Crippen molar-refractivity contribution < 1.29 is 0 Å². The maximum absolute atomic E-state index is 4.62. The number of pyridine rings is 2. The van der Waals surface area contributed by atoms with E-state index in [1.165, 1.54) is 27.8 Å². The zero-order valence-corrected chi connectivity index (χ0v) is 15.4. The summed E-state index contributed by atoms with van der Waals surface area (Å²) in [6, 6.07) is 6.44. The van der Waals surface area contributed by atoms with Crippen molar-refractivity contribution in [2.45, 2.75) is 27.2 Å². The maximum atomic E-state index is 4.62. The molecule has 3 heterocycles. The summed E-state index contributed by atoms with van der Waals surface area (Å²) in [5.74, 6) is 0. The molecule has 0 bridgehead atoms. The number of rotatable bonds is 4. The van der Waals surface area contributed by atoms with Crippen molar-refractivity contribution in [3.8, 4) is 0 Å². The highest BCUT2D eigenvalue weighted by Gasteiger charge is 2.22. The highest BCUT2D eigenvalue weighted by atomic mass is 15.2. The monoisotopic (exact) mass is 342 g/mol. The van der Waals surface area contributed by atoms with E-state index in [-0.39, 0.29) is 0 Å². The molecule has 0 aromatic carbocycles. The molecule has 0 unspecified atom stereocenters. The third-order valence-electron chi connectivity index (χ3n) is 4.86. The fraction of sp³-hybridized carbons (Fsp3) is 0.227. The lowest BCUT2D eigenvalue weighted by Crippen LogP contribution is -1.99. The smallest absolute Gasteiger partial charge is 0.0696 e. The van der Waals surface area contributed by atoms with Crippen LogP contribution in [0.2, 0.25) is 0 Å². The molecule has 26 heavy (non-hydrogen) atoms. The number of aliphatic imine (C=N–C) groups is 1. The molecule has 4 nitrogen and oxygen atoms in total. The molecule has 0 atom stereocenters. The molecule has 0 saturated carbocycles. The molecule has 0 radical (unpaired) electrons. The first-order chi connectivity index (χ1) is 12.7. The molecule has 4 rings (SSSR count). The van der Waals surface area contributed by atoms with Crippen LogP contribution in [0.1, 0.15) is 41.8 Å². The van der Waals surface area contributed by atoms with E-state index in [1.54, 1.807) is 0 Å². The van der Waals surface area contributed by atoms with Gasteiger partial charge >= 0.3 is 0 Å². The minimum Gasteiger partial charge on any atom is -0.293 e. The molecule has 0 saturated heterocycles. The van der Waals surface area contributed by atoms with E-state index in [4.69, 9.17) is 0 Å². The summed E-state index contributed by atoms with van der Waals surface area (Å²) in [5, 5.41) is 4.38. The topological polar surface area (TPSA) is 42.5 Å². The van der Waals surface area contributed by atoms with Gasteiger partial charge < -0.3 is 0 Å². The van der Waals surface area contributed by atoms with Gasteiger partial charge in [-0.25, -0.2) is 4.52 Å². The van der Waals surface area contributed by atoms with Gasteiger partial charge in [0.05, 0.1) is 17.4 Å². The molecule has 0 fully saturated rings. The maximum Gasteiger partial charge on any atom is 0.0696 e. The molecule has 0 aliphatic heterocycles. The van der Waals surface area contributed by atoms with E-state index in [0.29, 0.717) is 0 Å². The van der Waals surface area contributed by atoms with Gasteiger partial charge in [0, 0.05) is 37.1 Å². The van der Waals surface area contributed by atoms with Crippen LogP contribution in [0.4, 0.5) is 0 Å². The molecule has 130 valence electrons. The largest absolute Gasteiger partial charge is 0.293 e. The summed E-state index contributed by atoms with van der Waals surface area (Å²) in [4.78, 5) is 9.06. The van der Waals surface area contributed by atoms with E-state index in [1.807, 2.05) is 29.3 Å². The van der Waals surface area contributed by atoms with E-state index in [9.17, 15) is 0 Å². The van der Waals surface area contributed by atoms with Crippen LogP contribution in [0.25, 0.3) is 16.7 Å². The third kappa shape index (κ3) is 2.68. The highest BCUT2D eigenvalue weighted by Crippen LogP contribution is 2.37. The van der Waals surface area contributed by atoms with Crippen molar-refractivity contribution >= 4 is 22.9 Å². The molecular weight excluding hydrogens is 320 g/mol. The zero-order valence-electron chi connectivity index (χ0n) is 15.4. The Labute approximate surface area is 153 Å². The minimum absolute atomic E-state index is 0.782. The van der Waals surface area contributed by atoms with Crippen LogP contribution in [0.15, 0.2) is 53.9 Å². The van der Waals surface area contributed by atoms with Crippen LogP contribution in [0, 0.1) is 6.92 Å². The lowest BCUT2D eigenvalue weighted by Gasteiger charge is -2.13. The second kappa shape index (κ2) is 6.71. The summed E-state index contributed by atoms with van der Waals surface area (Å²) in [7, 11) is 0. The Morgan fingerprint density at radius 2 is 2.23 bits per heavy atom. The molecule has 0 N–H and O–H groups in total. The van der Waals surface area contributed by atoms with Crippen molar-refractivity contribution in [3.05, 3.63) is 76.9 Å². The van der Waals surface area contributed by atoms with Gasteiger partial charge in [-0.2, -0.15) is 5.10 Å². The van der Waals surface area contributed by atoms with E-state index < -0.39 is 0 Å². The fourth-order valence-electron chi connectivity index (χ4n) is 3.52. The van der Waals surface area contributed by atoms with E-state index in [2.05, 4.69) is 66.2 Å². The normalized spacial score (nSPS) is 14.3. The number of aryl methyl sites for hydroxylation is 1. The van der Waals surface area contributed by atoms with Gasteiger partial charge in [0.25, 0.3) is 0 Å². The Morgan fingerprint density at radius 1 is 1.35 bits per heavy atom. The number of nitrogens with zero attached hydrogens (tertiary/aromatic N) is 4. The predicted molar refractivity (Wildman–Crippen MR) is 108 cm³/mol. The Balaban J connectivity index is 1.86. The first-order valence-corrected chi connectivity index (χ1v) is 9.02. The Hall–Kier alpha value is -3.01. The van der Waals surface area contributed by atoms with Crippen molar-refractivity contribution in [2.24, 2.45) is 4.99 Å². The number of hydrogen-bond acceptors (Lipinski definition) is 3. The van der Waals surface area contributed by atoms with Crippen LogP contribution in [0.3, 0.4) is 0 Å². The average molecular weight is 342 g/mol. The zero-order chi connectivity index (χ0) is 18.1. The second-order valence-electron chi connectivity index (χ2n) is 6.45. The van der Waals surface area contributed by atoms with Crippen LogP contribution < -0.4 is 0 Å². The number of allylic oxidation sites excluding steroid dienone is 3. The lowest BCUT2D eigenvalue weighted by molar-refractivity contribution is 0.960. The van der Waals surface area contributed by atoms with Crippen LogP contribution >= 0.6 is 0 Å². The molecule has 4 heteroatoms. The quantitative estimate of drug-likeness (QED) is 0.654. The number of hydrogen-bond donors (Lipinski definition) is 0. The average Bonchev–Trinajstić information content (AvgIpc) is 3.26. The van der Waals surface area contributed by atoms with Gasteiger partial charge in [0.1, 0.15) is 0 Å². The molecule has 0 spiro atoms. The second-order valence-corrected chi connectivity index (χ2v) is 6.45. The van der Waals surface area contributed by atoms with Gasteiger partial charge in [-0.3, -0.25) is 9.98 Å². The third-order valence-corrected chi connectivity index (χ3v) is 4.86. The van der Waals surface area contributed by atoms with E-state index >= 15 is 0 Å². The summed E-state index contributed by atoms with van der Waals surface area (Å²) in [6.45, 7) is 6.98. The molecule has 3 aromatic heterocycles. The van der Waals surface area contributed by atoms with Crippen molar-refractivity contribution in [1.29, 1.82) is 0 Å². The number of aromatic nitrogens is 3. The Bertz CT molecular complexity index is 1070. The molecule has 1 aliphatic carbocycles. The van der Waals surface area contributed by atoms with Crippen molar-refractivity contribution in [3.63, 3.8) is 0 Å². The van der Waals surface area contributed by atoms with Crippen LogP contribution in [-0.2, 0) is 6.42 Å². The predicted octanol–water partition coefficient (Wildman–Crippen LogP) is 4.52. The van der Waals surface area contributed by atoms with Crippen LogP contribution in [-0.4, -0.2) is 27.4 Å². The van der Waals surface area contributed by atoms with E-state index in [0.717, 1.165) is 29.7 Å². The first kappa shape index (κ1) is 16.5.